The molecule has 0 aliphatic carbocycles. The Balaban J connectivity index is 2.50. The Kier molecular flexibility index (Phi) is 2.33. The van der Waals surface area contributed by atoms with Crippen molar-refractivity contribution in [2.75, 3.05) is 17.2 Å². The lowest BCUT2D eigenvalue weighted by atomic mass is 10.1. The largest absolute Gasteiger partial charge is 0.383 e. The minimum Gasteiger partial charge on any atom is -0.383 e. The molecule has 0 aromatic heterocycles. The standard InChI is InChI=1S/C10H11ClN2O/c1-6-4-7(11)5-8-10(6)13-9(14)2-3-12-8/h4-5,12H,2-3H2,1H3,(H,13,14). The number of nitrogens with one attached hydrogen (secondary N) is 2. The second-order valence-corrected chi connectivity index (χ2v) is 3.81. The van der Waals surface area contributed by atoms with Crippen LogP contribution in [0.15, 0.2) is 12.1 Å². The normalized spacial score (nSPS) is 15.1. The van der Waals surface area contributed by atoms with Gasteiger partial charge in [0.2, 0.25) is 5.91 Å². The number of halogens is 1. The van der Waals surface area contributed by atoms with E-state index in [1.165, 1.54) is 0 Å². The maximum atomic E-state index is 11.3. The highest BCUT2D eigenvalue weighted by atomic mass is 35.5. The van der Waals surface area contributed by atoms with Crippen molar-refractivity contribution in [2.45, 2.75) is 13.3 Å². The number of amides is 1. The van der Waals surface area contributed by atoms with Gasteiger partial charge in [-0.2, -0.15) is 0 Å². The maximum Gasteiger partial charge on any atom is 0.226 e. The summed E-state index contributed by atoms with van der Waals surface area (Å²) in [5.41, 5.74) is 2.73. The summed E-state index contributed by atoms with van der Waals surface area (Å²) in [4.78, 5) is 11.3. The molecule has 2 rings (SSSR count). The molecular formula is C10H11ClN2O. The third-order valence-electron chi connectivity index (χ3n) is 2.23. The molecule has 0 saturated carbocycles. The van der Waals surface area contributed by atoms with E-state index in [0.29, 0.717) is 18.0 Å². The van der Waals surface area contributed by atoms with Crippen molar-refractivity contribution < 1.29 is 4.79 Å². The van der Waals surface area contributed by atoms with Crippen LogP contribution >= 0.6 is 11.6 Å². The summed E-state index contributed by atoms with van der Waals surface area (Å²) in [7, 11) is 0. The molecule has 0 saturated heterocycles. The molecule has 1 aliphatic rings. The number of aryl methyl sites for hydroxylation is 1. The van der Waals surface area contributed by atoms with Crippen LogP contribution in [0.25, 0.3) is 0 Å². The first-order chi connectivity index (χ1) is 6.66. The Labute approximate surface area is 87.4 Å². The van der Waals surface area contributed by atoms with E-state index in [0.717, 1.165) is 16.9 Å². The fraction of sp³-hybridized carbons (Fsp3) is 0.300. The minimum absolute atomic E-state index is 0.0432. The number of benzene rings is 1. The Hall–Kier alpha value is -1.22. The molecule has 0 bridgehead atoms. The summed E-state index contributed by atoms with van der Waals surface area (Å²) in [6.45, 7) is 2.58. The second kappa shape index (κ2) is 3.50. The van der Waals surface area contributed by atoms with E-state index >= 15 is 0 Å². The molecule has 0 radical (unpaired) electrons. The van der Waals surface area contributed by atoms with E-state index in [2.05, 4.69) is 10.6 Å². The topological polar surface area (TPSA) is 41.1 Å². The van der Waals surface area contributed by atoms with Crippen LogP contribution in [0.5, 0.6) is 0 Å². The van der Waals surface area contributed by atoms with Crippen molar-refractivity contribution in [3.8, 4) is 0 Å². The van der Waals surface area contributed by atoms with Crippen molar-refractivity contribution in [2.24, 2.45) is 0 Å². The van der Waals surface area contributed by atoms with Crippen molar-refractivity contribution in [3.05, 3.63) is 22.7 Å². The Bertz CT molecular complexity index is 390. The lowest BCUT2D eigenvalue weighted by Gasteiger charge is -2.11. The number of hydrogen-bond donors (Lipinski definition) is 2. The van der Waals surface area contributed by atoms with Crippen molar-refractivity contribution in [1.29, 1.82) is 0 Å². The summed E-state index contributed by atoms with van der Waals surface area (Å²) < 4.78 is 0. The third kappa shape index (κ3) is 1.68. The lowest BCUT2D eigenvalue weighted by Crippen LogP contribution is -2.11. The molecule has 4 heteroatoms. The number of anilines is 2. The number of carbonyl (C=O) groups excluding carboxylic acids is 1. The van der Waals surface area contributed by atoms with E-state index in [-0.39, 0.29) is 5.91 Å². The quantitative estimate of drug-likeness (QED) is 0.691. The zero-order valence-corrected chi connectivity index (χ0v) is 8.61. The van der Waals surface area contributed by atoms with Gasteiger partial charge in [0.05, 0.1) is 11.4 Å². The highest BCUT2D eigenvalue weighted by molar-refractivity contribution is 6.31. The molecule has 74 valence electrons. The monoisotopic (exact) mass is 210 g/mol. The molecule has 2 N–H and O–H groups in total. The van der Waals surface area contributed by atoms with Crippen LogP contribution in [-0.2, 0) is 4.79 Å². The fourth-order valence-electron chi connectivity index (χ4n) is 1.56. The van der Waals surface area contributed by atoms with Crippen LogP contribution in [0.2, 0.25) is 5.02 Å². The van der Waals surface area contributed by atoms with Gasteiger partial charge >= 0.3 is 0 Å². The highest BCUT2D eigenvalue weighted by Gasteiger charge is 2.14. The number of carbonyl (C=O) groups is 1. The van der Waals surface area contributed by atoms with Gasteiger partial charge in [0.25, 0.3) is 0 Å². The number of hydrogen-bond acceptors (Lipinski definition) is 2. The SMILES string of the molecule is Cc1cc(Cl)cc2c1NC(=O)CCN2. The number of rotatable bonds is 0. The molecule has 0 spiro atoms. The van der Waals surface area contributed by atoms with Crippen molar-refractivity contribution in [3.63, 3.8) is 0 Å². The molecule has 1 aromatic carbocycles. The van der Waals surface area contributed by atoms with Crippen LogP contribution < -0.4 is 10.6 Å². The molecule has 3 nitrogen and oxygen atoms in total. The van der Waals surface area contributed by atoms with Crippen LogP contribution in [0.3, 0.4) is 0 Å². The average molecular weight is 211 g/mol. The molecule has 14 heavy (non-hydrogen) atoms. The van der Waals surface area contributed by atoms with E-state index < -0.39 is 0 Å². The minimum atomic E-state index is 0.0432. The van der Waals surface area contributed by atoms with Gasteiger partial charge in [0.1, 0.15) is 0 Å². The average Bonchev–Trinajstić information content (AvgIpc) is 2.27. The van der Waals surface area contributed by atoms with E-state index in [4.69, 9.17) is 11.6 Å². The fourth-order valence-corrected chi connectivity index (χ4v) is 1.83. The highest BCUT2D eigenvalue weighted by Crippen LogP contribution is 2.31. The Morgan fingerprint density at radius 3 is 3.00 bits per heavy atom. The molecule has 0 fully saturated rings. The molecule has 1 heterocycles. The predicted octanol–water partition coefficient (Wildman–Crippen LogP) is 2.40. The van der Waals surface area contributed by atoms with Crippen LogP contribution in [0.4, 0.5) is 11.4 Å². The van der Waals surface area contributed by atoms with Gasteiger partial charge in [0, 0.05) is 18.0 Å². The first-order valence-corrected chi connectivity index (χ1v) is 4.88. The van der Waals surface area contributed by atoms with Gasteiger partial charge in [-0.15, -0.1) is 0 Å². The van der Waals surface area contributed by atoms with E-state index in [1.54, 1.807) is 0 Å². The Morgan fingerprint density at radius 2 is 2.21 bits per heavy atom. The number of fused-ring (bicyclic) bond motifs is 1. The van der Waals surface area contributed by atoms with Gasteiger partial charge in [-0.1, -0.05) is 11.6 Å². The lowest BCUT2D eigenvalue weighted by molar-refractivity contribution is -0.115. The van der Waals surface area contributed by atoms with Gasteiger partial charge in [-0.05, 0) is 24.6 Å². The summed E-state index contributed by atoms with van der Waals surface area (Å²) in [5.74, 6) is 0.0432. The van der Waals surface area contributed by atoms with E-state index in [9.17, 15) is 4.79 Å². The summed E-state index contributed by atoms with van der Waals surface area (Å²) in [6.07, 6.45) is 0.492. The zero-order chi connectivity index (χ0) is 10.1. The first-order valence-electron chi connectivity index (χ1n) is 4.50. The summed E-state index contributed by atoms with van der Waals surface area (Å²) in [5, 5.41) is 6.71. The van der Waals surface area contributed by atoms with E-state index in [1.807, 2.05) is 19.1 Å². The van der Waals surface area contributed by atoms with Gasteiger partial charge in [-0.25, -0.2) is 0 Å². The third-order valence-corrected chi connectivity index (χ3v) is 2.45. The van der Waals surface area contributed by atoms with Crippen molar-refractivity contribution >= 4 is 28.9 Å². The van der Waals surface area contributed by atoms with Crippen LogP contribution in [-0.4, -0.2) is 12.5 Å². The molecule has 1 aromatic rings. The van der Waals surface area contributed by atoms with Gasteiger partial charge in [-0.3, -0.25) is 4.79 Å². The molecule has 1 aliphatic heterocycles. The molecule has 1 amide bonds. The second-order valence-electron chi connectivity index (χ2n) is 3.37. The smallest absolute Gasteiger partial charge is 0.226 e. The van der Waals surface area contributed by atoms with Gasteiger partial charge in [0.15, 0.2) is 0 Å². The molecule has 0 atom stereocenters. The summed E-state index contributed by atoms with van der Waals surface area (Å²) >= 11 is 5.92. The summed E-state index contributed by atoms with van der Waals surface area (Å²) in [6, 6.07) is 3.67. The molecular weight excluding hydrogens is 200 g/mol. The first kappa shape index (κ1) is 9.34. The Morgan fingerprint density at radius 1 is 1.43 bits per heavy atom. The van der Waals surface area contributed by atoms with Crippen LogP contribution in [0, 0.1) is 6.92 Å². The maximum absolute atomic E-state index is 11.3. The van der Waals surface area contributed by atoms with Gasteiger partial charge < -0.3 is 10.6 Å². The zero-order valence-electron chi connectivity index (χ0n) is 7.86. The van der Waals surface area contributed by atoms with Crippen molar-refractivity contribution in [1.82, 2.24) is 0 Å². The molecule has 0 unspecified atom stereocenters. The van der Waals surface area contributed by atoms with Crippen LogP contribution in [0.1, 0.15) is 12.0 Å². The predicted molar refractivity (Wildman–Crippen MR) is 57.9 cm³/mol.